The van der Waals surface area contributed by atoms with Gasteiger partial charge in [-0.2, -0.15) is 4.98 Å². The van der Waals surface area contributed by atoms with Crippen molar-refractivity contribution in [2.75, 3.05) is 14.2 Å². The Morgan fingerprint density at radius 3 is 2.81 bits per heavy atom. The van der Waals surface area contributed by atoms with E-state index in [0.29, 0.717) is 42.0 Å². The fourth-order valence-corrected chi connectivity index (χ4v) is 1.88. The van der Waals surface area contributed by atoms with E-state index in [2.05, 4.69) is 28.9 Å². The van der Waals surface area contributed by atoms with Gasteiger partial charge in [0.25, 0.3) is 0 Å². The van der Waals surface area contributed by atoms with Crippen LogP contribution in [-0.2, 0) is 13.0 Å². The van der Waals surface area contributed by atoms with Crippen LogP contribution in [0.25, 0.3) is 0 Å². The molecule has 5 nitrogen and oxygen atoms in total. The van der Waals surface area contributed by atoms with Crippen molar-refractivity contribution in [2.24, 2.45) is 0 Å². The number of halogens is 1. The van der Waals surface area contributed by atoms with E-state index in [4.69, 9.17) is 9.26 Å². The average Bonchev–Trinajstić information content (AvgIpc) is 2.86. The van der Waals surface area contributed by atoms with Crippen LogP contribution in [0.3, 0.4) is 0 Å². The lowest BCUT2D eigenvalue weighted by Crippen LogP contribution is -2.25. The van der Waals surface area contributed by atoms with Gasteiger partial charge in [-0.25, -0.2) is 4.39 Å². The summed E-state index contributed by atoms with van der Waals surface area (Å²) < 4.78 is 23.8. The van der Waals surface area contributed by atoms with Gasteiger partial charge in [-0.1, -0.05) is 5.16 Å². The highest BCUT2D eigenvalue weighted by molar-refractivity contribution is 5.35. The van der Waals surface area contributed by atoms with Crippen molar-refractivity contribution in [1.29, 1.82) is 0 Å². The molecule has 114 valence electrons. The van der Waals surface area contributed by atoms with Crippen molar-refractivity contribution < 1.29 is 13.7 Å². The molecule has 0 N–H and O–H groups in total. The van der Waals surface area contributed by atoms with Gasteiger partial charge >= 0.3 is 0 Å². The molecule has 0 saturated carbocycles. The Bertz CT molecular complexity index is 598. The lowest BCUT2D eigenvalue weighted by molar-refractivity contribution is 0.226. The Labute approximate surface area is 123 Å². The first-order valence-electron chi connectivity index (χ1n) is 6.83. The summed E-state index contributed by atoms with van der Waals surface area (Å²) in [5, 5.41) is 3.94. The zero-order valence-electron chi connectivity index (χ0n) is 12.8. The summed E-state index contributed by atoms with van der Waals surface area (Å²) in [6, 6.07) is 4.78. The summed E-state index contributed by atoms with van der Waals surface area (Å²) >= 11 is 0. The van der Waals surface area contributed by atoms with E-state index in [-0.39, 0.29) is 5.82 Å². The first-order valence-corrected chi connectivity index (χ1v) is 6.83. The first kappa shape index (κ1) is 15.4. The fraction of sp³-hybridized carbons (Fsp3) is 0.467. The minimum atomic E-state index is -0.311. The van der Waals surface area contributed by atoms with Crippen LogP contribution in [0.2, 0.25) is 0 Å². The number of hydrogen-bond donors (Lipinski definition) is 0. The second-order valence-electron chi connectivity index (χ2n) is 5.25. The molecule has 1 aromatic carbocycles. The number of hydrogen-bond acceptors (Lipinski definition) is 5. The quantitative estimate of drug-likeness (QED) is 0.819. The first-order chi connectivity index (χ1) is 9.99. The van der Waals surface area contributed by atoms with E-state index in [9.17, 15) is 4.39 Å². The summed E-state index contributed by atoms with van der Waals surface area (Å²) in [6.07, 6.45) is 0.371. The van der Waals surface area contributed by atoms with Gasteiger partial charge in [-0.05, 0) is 39.1 Å². The Balaban J connectivity index is 2.11. The lowest BCUT2D eigenvalue weighted by atomic mass is 10.1. The summed E-state index contributed by atoms with van der Waals surface area (Å²) in [5.41, 5.74) is 0.696. The highest BCUT2D eigenvalue weighted by Crippen LogP contribution is 2.21. The molecule has 6 heteroatoms. The van der Waals surface area contributed by atoms with Crippen molar-refractivity contribution in [2.45, 2.75) is 32.9 Å². The van der Waals surface area contributed by atoms with Gasteiger partial charge in [-0.15, -0.1) is 0 Å². The monoisotopic (exact) mass is 293 g/mol. The molecule has 0 fully saturated rings. The van der Waals surface area contributed by atoms with Gasteiger partial charge in [0.15, 0.2) is 5.82 Å². The summed E-state index contributed by atoms with van der Waals surface area (Å²) in [6.45, 7) is 4.77. The zero-order valence-corrected chi connectivity index (χ0v) is 12.8. The molecule has 0 aliphatic rings. The molecule has 1 aromatic heterocycles. The minimum absolute atomic E-state index is 0.311. The average molecular weight is 293 g/mol. The van der Waals surface area contributed by atoms with Gasteiger partial charge in [0, 0.05) is 18.0 Å². The van der Waals surface area contributed by atoms with Crippen LogP contribution in [0.4, 0.5) is 4.39 Å². The molecule has 0 atom stereocenters. The SMILES string of the molecule is COc1ccc(F)cc1Cc1noc(CN(C)C(C)C)n1. The van der Waals surface area contributed by atoms with E-state index < -0.39 is 0 Å². The van der Waals surface area contributed by atoms with Crippen LogP contribution >= 0.6 is 0 Å². The van der Waals surface area contributed by atoms with E-state index >= 15 is 0 Å². The molecule has 0 spiro atoms. The van der Waals surface area contributed by atoms with E-state index in [1.165, 1.54) is 12.1 Å². The fourth-order valence-electron chi connectivity index (χ4n) is 1.88. The maximum atomic E-state index is 13.3. The van der Waals surface area contributed by atoms with Crippen LogP contribution in [0.1, 0.15) is 31.1 Å². The number of methoxy groups -OCH3 is 1. The molecule has 21 heavy (non-hydrogen) atoms. The van der Waals surface area contributed by atoms with Crippen molar-refractivity contribution in [1.82, 2.24) is 15.0 Å². The third-order valence-corrected chi connectivity index (χ3v) is 3.37. The van der Waals surface area contributed by atoms with Gasteiger partial charge in [0.05, 0.1) is 13.7 Å². The second-order valence-corrected chi connectivity index (χ2v) is 5.25. The predicted octanol–water partition coefficient (Wildman–Crippen LogP) is 2.65. The Morgan fingerprint density at radius 2 is 2.14 bits per heavy atom. The van der Waals surface area contributed by atoms with Crippen LogP contribution < -0.4 is 4.74 Å². The molecule has 1 heterocycles. The third-order valence-electron chi connectivity index (χ3n) is 3.37. The normalized spacial score (nSPS) is 11.4. The van der Waals surface area contributed by atoms with Crippen LogP contribution in [-0.4, -0.2) is 35.2 Å². The van der Waals surface area contributed by atoms with Gasteiger partial charge < -0.3 is 9.26 Å². The van der Waals surface area contributed by atoms with Crippen LogP contribution in [0, 0.1) is 5.82 Å². The largest absolute Gasteiger partial charge is 0.496 e. The molecular weight excluding hydrogens is 273 g/mol. The second kappa shape index (κ2) is 6.67. The molecule has 0 aliphatic carbocycles. The maximum Gasteiger partial charge on any atom is 0.240 e. The highest BCUT2D eigenvalue weighted by Gasteiger charge is 2.13. The van der Waals surface area contributed by atoms with E-state index in [1.807, 2.05) is 7.05 Å². The number of nitrogens with zero attached hydrogens (tertiary/aromatic N) is 3. The number of rotatable bonds is 6. The topological polar surface area (TPSA) is 51.4 Å². The molecule has 0 amide bonds. The van der Waals surface area contributed by atoms with E-state index in [1.54, 1.807) is 13.2 Å². The van der Waals surface area contributed by atoms with Crippen LogP contribution in [0.15, 0.2) is 22.7 Å². The molecule has 0 saturated heterocycles. The number of benzene rings is 1. The highest BCUT2D eigenvalue weighted by atomic mass is 19.1. The molecule has 0 bridgehead atoms. The van der Waals surface area contributed by atoms with Gasteiger partial charge in [0.1, 0.15) is 11.6 Å². The Morgan fingerprint density at radius 1 is 1.38 bits per heavy atom. The summed E-state index contributed by atoms with van der Waals surface area (Å²) in [4.78, 5) is 6.43. The van der Waals surface area contributed by atoms with Gasteiger partial charge in [-0.3, -0.25) is 4.90 Å². The molecular formula is C15H20FN3O2. The third kappa shape index (κ3) is 4.01. The number of ether oxygens (including phenoxy) is 1. The van der Waals surface area contributed by atoms with Crippen LogP contribution in [0.5, 0.6) is 5.75 Å². The summed E-state index contributed by atoms with van der Waals surface area (Å²) in [5.74, 6) is 1.37. The number of aromatic nitrogens is 2. The zero-order chi connectivity index (χ0) is 15.4. The predicted molar refractivity (Wildman–Crippen MR) is 76.7 cm³/mol. The lowest BCUT2D eigenvalue weighted by Gasteiger charge is -2.18. The molecule has 0 aliphatic heterocycles. The van der Waals surface area contributed by atoms with Crippen molar-refractivity contribution in [3.63, 3.8) is 0 Å². The van der Waals surface area contributed by atoms with Crippen molar-refractivity contribution in [3.05, 3.63) is 41.3 Å². The Hall–Kier alpha value is -1.95. The van der Waals surface area contributed by atoms with Gasteiger partial charge in [0.2, 0.25) is 5.89 Å². The molecule has 0 unspecified atom stereocenters. The minimum Gasteiger partial charge on any atom is -0.496 e. The molecule has 2 rings (SSSR count). The summed E-state index contributed by atoms with van der Waals surface area (Å²) in [7, 11) is 3.54. The smallest absolute Gasteiger partial charge is 0.240 e. The Kier molecular flexibility index (Phi) is 4.90. The van der Waals surface area contributed by atoms with E-state index in [0.717, 1.165) is 0 Å². The molecule has 2 aromatic rings. The van der Waals surface area contributed by atoms with Crippen molar-refractivity contribution in [3.8, 4) is 5.75 Å². The standard InChI is InChI=1S/C15H20FN3O2/c1-10(2)19(3)9-15-17-14(18-21-15)8-11-7-12(16)5-6-13(11)20-4/h5-7,10H,8-9H2,1-4H3. The molecule has 0 radical (unpaired) electrons. The van der Waals surface area contributed by atoms with Crippen molar-refractivity contribution >= 4 is 0 Å². The maximum absolute atomic E-state index is 13.3.